The van der Waals surface area contributed by atoms with Gasteiger partial charge in [-0.15, -0.1) is 0 Å². The van der Waals surface area contributed by atoms with E-state index < -0.39 is 0 Å². The summed E-state index contributed by atoms with van der Waals surface area (Å²) >= 11 is 0. The number of fused-ring (bicyclic) bond motifs is 1. The summed E-state index contributed by atoms with van der Waals surface area (Å²) in [5.41, 5.74) is 3.92. The summed E-state index contributed by atoms with van der Waals surface area (Å²) < 4.78 is 1.79. The minimum Gasteiger partial charge on any atom is -0.299 e. The topological polar surface area (TPSA) is 63.9 Å². The van der Waals surface area contributed by atoms with E-state index in [1.807, 2.05) is 37.6 Å². The molecule has 2 aromatic heterocycles. The summed E-state index contributed by atoms with van der Waals surface area (Å²) in [5.74, 6) is 0.420. The molecule has 6 heteroatoms. The summed E-state index contributed by atoms with van der Waals surface area (Å²) in [7, 11) is 1.91. The molecule has 0 amide bonds. The van der Waals surface area contributed by atoms with E-state index >= 15 is 0 Å². The number of Topliss-reactive ketones (excluding diaryl/α,β-unsaturated/α-hetero) is 1. The van der Waals surface area contributed by atoms with Gasteiger partial charge in [0.05, 0.1) is 23.8 Å². The lowest BCUT2D eigenvalue weighted by Crippen LogP contribution is -2.47. The fourth-order valence-electron chi connectivity index (χ4n) is 4.12. The summed E-state index contributed by atoms with van der Waals surface area (Å²) in [5, 5.41) is 13.9. The maximum atomic E-state index is 12.9. The zero-order valence-corrected chi connectivity index (χ0v) is 17.7. The fraction of sp³-hybridized carbons (Fsp3) is 0.478. The average molecular weight is 392 g/mol. The molecule has 1 aliphatic heterocycles. The van der Waals surface area contributed by atoms with Crippen LogP contribution in [0.2, 0.25) is 0 Å². The number of likely N-dealkylation sites (tertiary alicyclic amines) is 1. The lowest BCUT2D eigenvalue weighted by atomic mass is 9.88. The molecule has 1 fully saturated rings. The first-order valence-electron chi connectivity index (χ1n) is 10.3. The van der Waals surface area contributed by atoms with Gasteiger partial charge in [-0.3, -0.25) is 14.4 Å². The van der Waals surface area contributed by atoms with Gasteiger partial charge in [0.1, 0.15) is 5.78 Å². The molecule has 1 aliphatic rings. The lowest BCUT2D eigenvalue weighted by molar-refractivity contribution is -0.124. The first kappa shape index (κ1) is 19.7. The van der Waals surface area contributed by atoms with Crippen molar-refractivity contribution < 1.29 is 4.79 Å². The highest BCUT2D eigenvalue weighted by atomic mass is 16.1. The van der Waals surface area contributed by atoms with Crippen molar-refractivity contribution in [1.29, 1.82) is 0 Å². The quantitative estimate of drug-likeness (QED) is 0.679. The predicted molar refractivity (Wildman–Crippen MR) is 115 cm³/mol. The van der Waals surface area contributed by atoms with Crippen LogP contribution in [-0.2, 0) is 18.3 Å². The summed E-state index contributed by atoms with van der Waals surface area (Å²) in [6.07, 6.45) is 6.07. The number of hydrogen-bond donors (Lipinski definition) is 0. The van der Waals surface area contributed by atoms with Gasteiger partial charge in [0.25, 0.3) is 0 Å². The SMILES string of the molecule is Cn1cc(-c2ccc3nnc(CC(=O)C4CCN(C(C)(C)C)CC4)cc3c2)cn1. The number of piperidine rings is 1. The Labute approximate surface area is 171 Å². The molecule has 1 aromatic carbocycles. The van der Waals surface area contributed by atoms with Crippen molar-refractivity contribution >= 4 is 16.7 Å². The van der Waals surface area contributed by atoms with E-state index in [1.165, 1.54) is 0 Å². The van der Waals surface area contributed by atoms with Gasteiger partial charge in [-0.25, -0.2) is 0 Å². The Morgan fingerprint density at radius 2 is 1.86 bits per heavy atom. The van der Waals surface area contributed by atoms with E-state index in [2.05, 4.69) is 47.0 Å². The van der Waals surface area contributed by atoms with E-state index in [-0.39, 0.29) is 17.2 Å². The van der Waals surface area contributed by atoms with Crippen LogP contribution >= 0.6 is 0 Å². The zero-order valence-electron chi connectivity index (χ0n) is 17.7. The van der Waals surface area contributed by atoms with Gasteiger partial charge in [-0.05, 0) is 70.5 Å². The molecule has 3 heterocycles. The van der Waals surface area contributed by atoms with Gasteiger partial charge in [0, 0.05) is 35.7 Å². The van der Waals surface area contributed by atoms with Crippen LogP contribution in [-0.4, -0.2) is 49.3 Å². The number of benzene rings is 1. The van der Waals surface area contributed by atoms with Crippen molar-refractivity contribution in [3.63, 3.8) is 0 Å². The second kappa shape index (κ2) is 7.67. The highest BCUT2D eigenvalue weighted by Crippen LogP contribution is 2.26. The van der Waals surface area contributed by atoms with Crippen molar-refractivity contribution in [2.75, 3.05) is 13.1 Å². The Hall–Kier alpha value is -2.60. The monoisotopic (exact) mass is 391 g/mol. The number of hydrogen-bond acceptors (Lipinski definition) is 5. The van der Waals surface area contributed by atoms with E-state index in [4.69, 9.17) is 0 Å². The van der Waals surface area contributed by atoms with Crippen molar-refractivity contribution in [3.05, 3.63) is 42.4 Å². The molecule has 0 spiro atoms. The number of ketones is 1. The van der Waals surface area contributed by atoms with Crippen molar-refractivity contribution in [2.45, 2.75) is 45.6 Å². The van der Waals surface area contributed by atoms with Gasteiger partial charge in [-0.1, -0.05) is 6.07 Å². The smallest absolute Gasteiger partial charge is 0.142 e. The molecule has 4 rings (SSSR count). The minimum absolute atomic E-state index is 0.132. The van der Waals surface area contributed by atoms with E-state index in [0.717, 1.165) is 53.7 Å². The van der Waals surface area contributed by atoms with E-state index in [0.29, 0.717) is 6.42 Å². The molecular weight excluding hydrogens is 362 g/mol. The van der Waals surface area contributed by atoms with Gasteiger partial charge in [-0.2, -0.15) is 15.3 Å². The maximum Gasteiger partial charge on any atom is 0.142 e. The van der Waals surface area contributed by atoms with Crippen molar-refractivity contribution in [3.8, 4) is 11.1 Å². The van der Waals surface area contributed by atoms with Crippen LogP contribution in [0.5, 0.6) is 0 Å². The molecule has 0 aliphatic carbocycles. The predicted octanol–water partition coefficient (Wildman–Crippen LogP) is 3.65. The standard InChI is InChI=1S/C23H29N5O/c1-23(2,3)28-9-7-16(8-10-28)22(29)13-20-12-18-11-17(5-6-21(18)26-25-20)19-14-24-27(4)15-19/h5-6,11-12,14-16H,7-10,13H2,1-4H3. The number of aryl methyl sites for hydroxylation is 1. The van der Waals surface area contributed by atoms with E-state index in [1.54, 1.807) is 4.68 Å². The second-order valence-electron chi connectivity index (χ2n) is 9.09. The molecule has 0 saturated carbocycles. The fourth-order valence-corrected chi connectivity index (χ4v) is 4.12. The van der Waals surface area contributed by atoms with Gasteiger partial charge in [0.15, 0.2) is 0 Å². The molecule has 0 N–H and O–H groups in total. The third kappa shape index (κ3) is 4.37. The minimum atomic E-state index is 0.132. The van der Waals surface area contributed by atoms with Crippen LogP contribution in [0.1, 0.15) is 39.3 Å². The first-order valence-corrected chi connectivity index (χ1v) is 10.3. The number of aromatic nitrogens is 4. The molecule has 1 saturated heterocycles. The van der Waals surface area contributed by atoms with Crippen LogP contribution < -0.4 is 0 Å². The molecule has 3 aromatic rings. The van der Waals surface area contributed by atoms with Crippen molar-refractivity contribution in [1.82, 2.24) is 24.9 Å². The van der Waals surface area contributed by atoms with Crippen LogP contribution in [0.4, 0.5) is 0 Å². The normalized spacial score (nSPS) is 16.4. The summed E-state index contributed by atoms with van der Waals surface area (Å²) in [4.78, 5) is 15.3. The molecule has 6 nitrogen and oxygen atoms in total. The van der Waals surface area contributed by atoms with Crippen LogP contribution in [0.15, 0.2) is 36.7 Å². The number of carbonyl (C=O) groups excluding carboxylic acids is 1. The van der Waals surface area contributed by atoms with Gasteiger partial charge >= 0.3 is 0 Å². The Balaban J connectivity index is 1.47. The Kier molecular flexibility index (Phi) is 5.21. The summed E-state index contributed by atoms with van der Waals surface area (Å²) in [6, 6.07) is 8.10. The molecule has 29 heavy (non-hydrogen) atoms. The Morgan fingerprint density at radius 3 is 2.52 bits per heavy atom. The Morgan fingerprint density at radius 1 is 1.10 bits per heavy atom. The largest absolute Gasteiger partial charge is 0.299 e. The summed E-state index contributed by atoms with van der Waals surface area (Å²) in [6.45, 7) is 8.67. The number of carbonyl (C=O) groups is 1. The van der Waals surface area contributed by atoms with Gasteiger partial charge < -0.3 is 0 Å². The average Bonchev–Trinajstić information content (AvgIpc) is 3.13. The molecule has 152 valence electrons. The van der Waals surface area contributed by atoms with Crippen LogP contribution in [0, 0.1) is 5.92 Å². The number of nitrogens with zero attached hydrogens (tertiary/aromatic N) is 5. The number of rotatable bonds is 4. The van der Waals surface area contributed by atoms with Crippen LogP contribution in [0.25, 0.3) is 22.0 Å². The molecule has 0 atom stereocenters. The lowest BCUT2D eigenvalue weighted by Gasteiger charge is -2.40. The first-order chi connectivity index (χ1) is 13.8. The molecular formula is C23H29N5O. The highest BCUT2D eigenvalue weighted by Gasteiger charge is 2.30. The molecule has 0 bridgehead atoms. The third-order valence-electron chi connectivity index (χ3n) is 5.93. The highest BCUT2D eigenvalue weighted by molar-refractivity contribution is 5.86. The van der Waals surface area contributed by atoms with Crippen molar-refractivity contribution in [2.24, 2.45) is 13.0 Å². The maximum absolute atomic E-state index is 12.9. The third-order valence-corrected chi connectivity index (χ3v) is 5.93. The van der Waals surface area contributed by atoms with Gasteiger partial charge in [0.2, 0.25) is 0 Å². The zero-order chi connectivity index (χ0) is 20.6. The van der Waals surface area contributed by atoms with Crippen LogP contribution in [0.3, 0.4) is 0 Å². The Bertz CT molecular complexity index is 1030. The second-order valence-corrected chi connectivity index (χ2v) is 9.09. The molecule has 0 unspecified atom stereocenters. The van der Waals surface area contributed by atoms with E-state index in [9.17, 15) is 4.79 Å². The molecule has 0 radical (unpaired) electrons.